The Morgan fingerprint density at radius 3 is 2.50 bits per heavy atom. The van der Waals surface area contributed by atoms with Crippen molar-refractivity contribution in [1.29, 1.82) is 0 Å². The summed E-state index contributed by atoms with van der Waals surface area (Å²) in [6.07, 6.45) is 0. The maximum Gasteiger partial charge on any atom is 0.269 e. The second kappa shape index (κ2) is 4.76. The second-order valence-electron chi connectivity index (χ2n) is 3.67. The van der Waals surface area contributed by atoms with Crippen LogP contribution in [0.2, 0.25) is 0 Å². The van der Waals surface area contributed by atoms with Gasteiger partial charge in [0, 0.05) is 29.5 Å². The molecule has 7 nitrogen and oxygen atoms in total. The second-order valence-corrected chi connectivity index (χ2v) is 3.67. The van der Waals surface area contributed by atoms with Gasteiger partial charge in [-0.15, -0.1) is 0 Å². The van der Waals surface area contributed by atoms with Crippen molar-refractivity contribution >= 4 is 11.5 Å². The molecular formula is C11H11N5O2. The third-order valence-corrected chi connectivity index (χ3v) is 2.34. The number of hydrazine groups is 1. The summed E-state index contributed by atoms with van der Waals surface area (Å²) in [4.78, 5) is 18.5. The van der Waals surface area contributed by atoms with E-state index in [0.29, 0.717) is 17.2 Å². The van der Waals surface area contributed by atoms with Gasteiger partial charge in [0.05, 0.1) is 4.92 Å². The molecule has 0 saturated carbocycles. The monoisotopic (exact) mass is 245 g/mol. The van der Waals surface area contributed by atoms with Crippen molar-refractivity contribution in [3.05, 3.63) is 46.1 Å². The highest BCUT2D eigenvalue weighted by atomic mass is 16.6. The van der Waals surface area contributed by atoms with E-state index in [9.17, 15) is 10.1 Å². The average Bonchev–Trinajstić information content (AvgIpc) is 2.38. The van der Waals surface area contributed by atoms with Crippen molar-refractivity contribution in [2.24, 2.45) is 5.84 Å². The minimum absolute atomic E-state index is 0.0311. The third-order valence-electron chi connectivity index (χ3n) is 2.34. The van der Waals surface area contributed by atoms with Crippen molar-refractivity contribution in [1.82, 2.24) is 9.97 Å². The first-order valence-electron chi connectivity index (χ1n) is 5.17. The van der Waals surface area contributed by atoms with Gasteiger partial charge in [0.1, 0.15) is 5.82 Å². The van der Waals surface area contributed by atoms with E-state index >= 15 is 0 Å². The normalized spacial score (nSPS) is 10.1. The van der Waals surface area contributed by atoms with Crippen LogP contribution in [0.3, 0.4) is 0 Å². The highest BCUT2D eigenvalue weighted by Crippen LogP contribution is 2.20. The van der Waals surface area contributed by atoms with Crippen LogP contribution in [0.1, 0.15) is 5.69 Å². The van der Waals surface area contributed by atoms with E-state index in [1.54, 1.807) is 18.2 Å². The van der Waals surface area contributed by atoms with Gasteiger partial charge in [0.2, 0.25) is 0 Å². The fraction of sp³-hybridized carbons (Fsp3) is 0.0909. The number of hydrogen-bond donors (Lipinski definition) is 2. The summed E-state index contributed by atoms with van der Waals surface area (Å²) in [6.45, 7) is 1.82. The van der Waals surface area contributed by atoms with Gasteiger partial charge in [0.25, 0.3) is 5.69 Å². The Hall–Kier alpha value is -2.54. The maximum absolute atomic E-state index is 10.6. The molecule has 1 aromatic carbocycles. The lowest BCUT2D eigenvalue weighted by atomic mass is 10.2. The fourth-order valence-corrected chi connectivity index (χ4v) is 1.50. The Balaban J connectivity index is 2.42. The molecule has 0 fully saturated rings. The predicted octanol–water partition coefficient (Wildman–Crippen LogP) is 1.65. The summed E-state index contributed by atoms with van der Waals surface area (Å²) in [6, 6.07) is 7.74. The van der Waals surface area contributed by atoms with Gasteiger partial charge in [-0.25, -0.2) is 15.8 Å². The van der Waals surface area contributed by atoms with Gasteiger partial charge in [-0.05, 0) is 19.1 Å². The number of nitro groups is 1. The number of nitro benzene ring substituents is 1. The van der Waals surface area contributed by atoms with Crippen molar-refractivity contribution in [3.8, 4) is 11.4 Å². The van der Waals surface area contributed by atoms with Crippen LogP contribution in [0.25, 0.3) is 11.4 Å². The molecule has 0 radical (unpaired) electrons. The van der Waals surface area contributed by atoms with E-state index in [1.165, 1.54) is 12.1 Å². The number of nitrogens with two attached hydrogens (primary N) is 1. The van der Waals surface area contributed by atoms with E-state index < -0.39 is 4.92 Å². The SMILES string of the molecule is Cc1cc(NN)nc(-c2ccc([N+](=O)[O-])cc2)n1. The molecule has 0 aliphatic heterocycles. The first-order chi connectivity index (χ1) is 8.60. The summed E-state index contributed by atoms with van der Waals surface area (Å²) in [5.41, 5.74) is 3.93. The van der Waals surface area contributed by atoms with Gasteiger partial charge < -0.3 is 5.43 Å². The predicted molar refractivity (Wildman–Crippen MR) is 66.7 cm³/mol. The molecule has 7 heteroatoms. The van der Waals surface area contributed by atoms with Crippen molar-refractivity contribution in [2.75, 3.05) is 5.43 Å². The zero-order valence-corrected chi connectivity index (χ0v) is 9.62. The molecule has 0 spiro atoms. The van der Waals surface area contributed by atoms with Crippen LogP contribution >= 0.6 is 0 Å². The van der Waals surface area contributed by atoms with E-state index in [1.807, 2.05) is 6.92 Å². The number of aromatic nitrogens is 2. The van der Waals surface area contributed by atoms with Crippen LogP contribution in [0.5, 0.6) is 0 Å². The molecular weight excluding hydrogens is 234 g/mol. The molecule has 0 aliphatic rings. The molecule has 18 heavy (non-hydrogen) atoms. The largest absolute Gasteiger partial charge is 0.308 e. The molecule has 0 bridgehead atoms. The molecule has 2 rings (SSSR count). The molecule has 3 N–H and O–H groups in total. The molecule has 0 saturated heterocycles. The van der Waals surface area contributed by atoms with Crippen LogP contribution in [-0.2, 0) is 0 Å². The number of anilines is 1. The molecule has 2 aromatic rings. The number of nitrogen functional groups attached to an aromatic ring is 1. The molecule has 0 aliphatic carbocycles. The molecule has 0 amide bonds. The maximum atomic E-state index is 10.6. The lowest BCUT2D eigenvalue weighted by Gasteiger charge is -2.05. The molecule has 0 atom stereocenters. The van der Waals surface area contributed by atoms with Crippen molar-refractivity contribution in [3.63, 3.8) is 0 Å². The lowest BCUT2D eigenvalue weighted by molar-refractivity contribution is -0.384. The standard InChI is InChI=1S/C11H11N5O2/c1-7-6-10(15-12)14-11(13-7)8-2-4-9(5-3-8)16(17)18/h2-6H,12H2,1H3,(H,13,14,15). The van der Waals surface area contributed by atoms with Gasteiger partial charge in [0.15, 0.2) is 5.82 Å². The smallest absolute Gasteiger partial charge is 0.269 e. The number of non-ortho nitro benzene ring substituents is 1. The van der Waals surface area contributed by atoms with Gasteiger partial charge >= 0.3 is 0 Å². The number of nitrogens with one attached hydrogen (secondary N) is 1. The van der Waals surface area contributed by atoms with Gasteiger partial charge in [-0.3, -0.25) is 10.1 Å². The highest BCUT2D eigenvalue weighted by molar-refractivity contribution is 5.59. The minimum atomic E-state index is -0.451. The highest BCUT2D eigenvalue weighted by Gasteiger charge is 2.08. The van der Waals surface area contributed by atoms with Gasteiger partial charge in [-0.2, -0.15) is 0 Å². The molecule has 0 unspecified atom stereocenters. The Morgan fingerprint density at radius 1 is 1.28 bits per heavy atom. The number of benzene rings is 1. The van der Waals surface area contributed by atoms with E-state index in [2.05, 4.69) is 15.4 Å². The Labute approximate surface area is 103 Å². The summed E-state index contributed by atoms with van der Waals surface area (Å²) in [5, 5.41) is 10.6. The third kappa shape index (κ3) is 2.41. The fourth-order valence-electron chi connectivity index (χ4n) is 1.50. The lowest BCUT2D eigenvalue weighted by Crippen LogP contribution is -2.09. The van der Waals surface area contributed by atoms with Crippen LogP contribution in [0, 0.1) is 17.0 Å². The Bertz CT molecular complexity index is 582. The van der Waals surface area contributed by atoms with E-state index in [0.717, 1.165) is 5.69 Å². The van der Waals surface area contributed by atoms with Gasteiger partial charge in [-0.1, -0.05) is 0 Å². The van der Waals surface area contributed by atoms with E-state index in [4.69, 9.17) is 5.84 Å². The molecule has 92 valence electrons. The molecule has 1 heterocycles. The zero-order valence-electron chi connectivity index (χ0n) is 9.62. The van der Waals surface area contributed by atoms with Crippen LogP contribution in [-0.4, -0.2) is 14.9 Å². The first-order valence-corrected chi connectivity index (χ1v) is 5.17. The summed E-state index contributed by atoms with van der Waals surface area (Å²) < 4.78 is 0. The summed E-state index contributed by atoms with van der Waals surface area (Å²) >= 11 is 0. The van der Waals surface area contributed by atoms with Crippen LogP contribution in [0.15, 0.2) is 30.3 Å². The van der Waals surface area contributed by atoms with Crippen LogP contribution in [0.4, 0.5) is 11.5 Å². The first kappa shape index (κ1) is 11.9. The van der Waals surface area contributed by atoms with Crippen LogP contribution < -0.4 is 11.3 Å². The molecule has 1 aromatic heterocycles. The summed E-state index contributed by atoms with van der Waals surface area (Å²) in [7, 11) is 0. The Kier molecular flexibility index (Phi) is 3.16. The minimum Gasteiger partial charge on any atom is -0.308 e. The number of aryl methyl sites for hydroxylation is 1. The number of nitrogens with zero attached hydrogens (tertiary/aromatic N) is 3. The quantitative estimate of drug-likeness (QED) is 0.483. The van der Waals surface area contributed by atoms with E-state index in [-0.39, 0.29) is 5.69 Å². The van der Waals surface area contributed by atoms with Crippen molar-refractivity contribution in [2.45, 2.75) is 6.92 Å². The Morgan fingerprint density at radius 2 is 1.94 bits per heavy atom. The number of hydrogen-bond acceptors (Lipinski definition) is 6. The number of rotatable bonds is 3. The zero-order chi connectivity index (χ0) is 13.1. The summed E-state index contributed by atoms with van der Waals surface area (Å²) in [5.74, 6) is 6.27. The van der Waals surface area contributed by atoms with Crippen molar-refractivity contribution < 1.29 is 4.92 Å². The topological polar surface area (TPSA) is 107 Å². The average molecular weight is 245 g/mol.